The normalized spacial score (nSPS) is 11.6. The summed E-state index contributed by atoms with van der Waals surface area (Å²) in [7, 11) is -4.33. The number of sulfonamides is 1. The van der Waals surface area contributed by atoms with Gasteiger partial charge in [-0.2, -0.15) is 0 Å². The third-order valence-corrected chi connectivity index (χ3v) is 7.56. The van der Waals surface area contributed by atoms with Crippen LogP contribution in [0.15, 0.2) is 65.6 Å². The summed E-state index contributed by atoms with van der Waals surface area (Å²) in [4.78, 5) is 40.2. The largest absolute Gasteiger partial charge is 0.506 e. The molecule has 0 atom stereocenters. The molecule has 206 valence electrons. The predicted molar refractivity (Wildman–Crippen MR) is 147 cm³/mol. The van der Waals surface area contributed by atoms with E-state index in [-0.39, 0.29) is 27.8 Å². The summed E-state index contributed by atoms with van der Waals surface area (Å²) in [5.74, 6) is -5.41. The number of anilines is 2. The lowest BCUT2D eigenvalue weighted by Gasteiger charge is -2.31. The first-order valence-electron chi connectivity index (χ1n) is 12.0. The molecule has 39 heavy (non-hydrogen) atoms. The number of aromatic hydroxyl groups is 2. The average Bonchev–Trinajstić information content (AvgIpc) is 2.83. The van der Waals surface area contributed by atoms with Crippen LogP contribution in [0.4, 0.5) is 11.4 Å². The minimum atomic E-state index is -4.33. The molecule has 0 aromatic heterocycles. The molecule has 0 saturated heterocycles. The molecule has 3 aromatic carbocycles. The Hall–Kier alpha value is -4.38. The molecule has 0 radical (unpaired) electrons. The fourth-order valence-corrected chi connectivity index (χ4v) is 4.96. The van der Waals surface area contributed by atoms with Crippen LogP contribution in [0.5, 0.6) is 11.5 Å². The van der Waals surface area contributed by atoms with Gasteiger partial charge in [0, 0.05) is 0 Å². The maximum absolute atomic E-state index is 13.5. The van der Waals surface area contributed by atoms with Crippen LogP contribution in [-0.2, 0) is 24.4 Å². The van der Waals surface area contributed by atoms with Crippen molar-refractivity contribution in [3.05, 3.63) is 77.4 Å². The van der Waals surface area contributed by atoms with Crippen LogP contribution in [0, 0.1) is 32.1 Å². The van der Waals surface area contributed by atoms with Crippen molar-refractivity contribution >= 4 is 39.1 Å². The molecule has 0 saturated carbocycles. The first kappa shape index (κ1) is 29.2. The number of aryl methyl sites for hydroxylation is 3. The number of amides is 3. The highest BCUT2D eigenvalue weighted by Gasteiger charge is 2.47. The van der Waals surface area contributed by atoms with Gasteiger partial charge in [0.1, 0.15) is 17.4 Å². The number of hydrogen-bond donors (Lipinski definition) is 5. The van der Waals surface area contributed by atoms with Crippen molar-refractivity contribution in [2.45, 2.75) is 39.5 Å². The Morgan fingerprint density at radius 1 is 0.718 bits per heavy atom. The number of benzene rings is 3. The molecule has 11 heteroatoms. The molecular formula is C28H31N3O7S. The monoisotopic (exact) mass is 553 g/mol. The molecular weight excluding hydrogens is 522 g/mol. The smallest absolute Gasteiger partial charge is 0.264 e. The van der Waals surface area contributed by atoms with Crippen molar-refractivity contribution in [3.63, 3.8) is 0 Å². The van der Waals surface area contributed by atoms with E-state index < -0.39 is 39.1 Å². The molecule has 0 heterocycles. The number of rotatable bonds is 8. The SMILES string of the molecule is Cc1ccc(S(=O)(=O)NC(=O)C(C)(C)C(C(=O)Nc2cc(C)ccc2O)C(=O)Nc2cc(C)ccc2O)cc1. The fourth-order valence-electron chi connectivity index (χ4n) is 3.85. The number of carbonyl (C=O) groups excluding carboxylic acids is 3. The summed E-state index contributed by atoms with van der Waals surface area (Å²) in [5.41, 5.74) is 0.294. The van der Waals surface area contributed by atoms with E-state index in [4.69, 9.17) is 0 Å². The van der Waals surface area contributed by atoms with Gasteiger partial charge in [0.05, 0.1) is 21.7 Å². The van der Waals surface area contributed by atoms with Crippen LogP contribution in [-0.4, -0.2) is 36.4 Å². The second kappa shape index (κ2) is 11.2. The van der Waals surface area contributed by atoms with Crippen LogP contribution < -0.4 is 15.4 Å². The molecule has 0 unspecified atom stereocenters. The van der Waals surface area contributed by atoms with E-state index >= 15 is 0 Å². The van der Waals surface area contributed by atoms with Crippen molar-refractivity contribution in [1.82, 2.24) is 4.72 Å². The van der Waals surface area contributed by atoms with E-state index in [1.54, 1.807) is 45.0 Å². The second-order valence-corrected chi connectivity index (χ2v) is 11.6. The maximum Gasteiger partial charge on any atom is 0.264 e. The van der Waals surface area contributed by atoms with E-state index in [2.05, 4.69) is 10.6 Å². The lowest BCUT2D eigenvalue weighted by Crippen LogP contribution is -2.52. The van der Waals surface area contributed by atoms with Gasteiger partial charge in [-0.05, 0) is 82.1 Å². The first-order chi connectivity index (χ1) is 18.1. The van der Waals surface area contributed by atoms with E-state index in [0.29, 0.717) is 11.1 Å². The Bertz CT molecular complexity index is 1470. The molecule has 3 rings (SSSR count). The van der Waals surface area contributed by atoms with E-state index in [0.717, 1.165) is 5.56 Å². The van der Waals surface area contributed by atoms with Crippen LogP contribution in [0.1, 0.15) is 30.5 Å². The van der Waals surface area contributed by atoms with Crippen molar-refractivity contribution in [1.29, 1.82) is 0 Å². The zero-order valence-electron chi connectivity index (χ0n) is 22.2. The molecule has 0 bridgehead atoms. The standard InChI is InChI=1S/C28H31N3O7S/c1-16-6-10-19(11-7-16)39(37,38)31-27(36)28(4,5)24(25(34)29-20-14-17(2)8-12-22(20)32)26(35)30-21-15-18(3)9-13-23(21)33/h6-15,24,32-33H,1-5H3,(H,29,34)(H,30,35)(H,31,36). The minimum absolute atomic E-state index is 0.000289. The van der Waals surface area contributed by atoms with Gasteiger partial charge in [-0.25, -0.2) is 13.1 Å². The summed E-state index contributed by atoms with van der Waals surface area (Å²) in [6.07, 6.45) is 0. The van der Waals surface area contributed by atoms with Crippen LogP contribution in [0.25, 0.3) is 0 Å². The van der Waals surface area contributed by atoms with Gasteiger partial charge < -0.3 is 20.8 Å². The van der Waals surface area contributed by atoms with Gasteiger partial charge in [0.2, 0.25) is 17.7 Å². The van der Waals surface area contributed by atoms with Crippen LogP contribution >= 0.6 is 0 Å². The molecule has 0 aliphatic carbocycles. The zero-order chi connectivity index (χ0) is 29.1. The zero-order valence-corrected chi connectivity index (χ0v) is 23.0. The lowest BCUT2D eigenvalue weighted by atomic mass is 9.76. The maximum atomic E-state index is 13.5. The minimum Gasteiger partial charge on any atom is -0.506 e. The number of phenols is 2. The van der Waals surface area contributed by atoms with Crippen molar-refractivity contribution < 1.29 is 33.0 Å². The molecule has 0 fully saturated rings. The summed E-state index contributed by atoms with van der Waals surface area (Å²) in [6.45, 7) is 7.74. The summed E-state index contributed by atoms with van der Waals surface area (Å²) < 4.78 is 27.8. The van der Waals surface area contributed by atoms with Gasteiger partial charge in [-0.15, -0.1) is 0 Å². The fraction of sp³-hybridized carbons (Fsp3) is 0.250. The summed E-state index contributed by atoms with van der Waals surface area (Å²) in [6, 6.07) is 14.7. The lowest BCUT2D eigenvalue weighted by molar-refractivity contribution is -0.143. The highest BCUT2D eigenvalue weighted by molar-refractivity contribution is 7.90. The van der Waals surface area contributed by atoms with Crippen LogP contribution in [0.2, 0.25) is 0 Å². The number of carbonyl (C=O) groups is 3. The quantitative estimate of drug-likeness (QED) is 0.210. The third kappa shape index (κ3) is 6.74. The average molecular weight is 554 g/mol. The highest BCUT2D eigenvalue weighted by atomic mass is 32.2. The molecule has 0 aliphatic rings. The third-order valence-electron chi connectivity index (χ3n) is 6.21. The molecule has 5 N–H and O–H groups in total. The van der Waals surface area contributed by atoms with Gasteiger partial charge in [-0.1, -0.05) is 29.8 Å². The summed E-state index contributed by atoms with van der Waals surface area (Å²) >= 11 is 0. The topological polar surface area (TPSA) is 162 Å². The molecule has 3 amide bonds. The number of hydrogen-bond acceptors (Lipinski definition) is 7. The van der Waals surface area contributed by atoms with E-state index in [1.807, 2.05) is 4.72 Å². The highest BCUT2D eigenvalue weighted by Crippen LogP contribution is 2.34. The molecule has 0 aliphatic heterocycles. The van der Waals surface area contributed by atoms with E-state index in [1.165, 1.54) is 50.2 Å². The van der Waals surface area contributed by atoms with Gasteiger partial charge in [0.15, 0.2) is 0 Å². The van der Waals surface area contributed by atoms with Gasteiger partial charge in [-0.3, -0.25) is 14.4 Å². The van der Waals surface area contributed by atoms with Gasteiger partial charge >= 0.3 is 0 Å². The van der Waals surface area contributed by atoms with Crippen molar-refractivity contribution in [3.8, 4) is 11.5 Å². The first-order valence-corrected chi connectivity index (χ1v) is 13.4. The molecule has 10 nitrogen and oxygen atoms in total. The Morgan fingerprint density at radius 3 is 1.56 bits per heavy atom. The number of nitrogens with one attached hydrogen (secondary N) is 3. The van der Waals surface area contributed by atoms with Crippen molar-refractivity contribution in [2.75, 3.05) is 10.6 Å². The van der Waals surface area contributed by atoms with E-state index in [9.17, 15) is 33.0 Å². The Kier molecular flexibility index (Phi) is 8.35. The Balaban J connectivity index is 1.99. The van der Waals surface area contributed by atoms with Crippen LogP contribution in [0.3, 0.4) is 0 Å². The predicted octanol–water partition coefficient (Wildman–Crippen LogP) is 3.75. The Morgan fingerprint density at radius 2 is 1.13 bits per heavy atom. The molecule has 3 aromatic rings. The van der Waals surface area contributed by atoms with Gasteiger partial charge in [0.25, 0.3) is 10.0 Å². The van der Waals surface area contributed by atoms with Crippen molar-refractivity contribution in [2.24, 2.45) is 11.3 Å². The second-order valence-electron chi connectivity index (χ2n) is 9.92. The Labute approximate surface area is 227 Å². The summed E-state index contributed by atoms with van der Waals surface area (Å²) in [5, 5.41) is 25.3. The number of phenolic OH excluding ortho intramolecular Hbond substituents is 2. The molecule has 0 spiro atoms.